The molecule has 2 aliphatic heterocycles. The lowest BCUT2D eigenvalue weighted by atomic mass is 10.3. The van der Waals surface area contributed by atoms with Crippen molar-refractivity contribution in [2.45, 2.75) is 31.9 Å². The summed E-state index contributed by atoms with van der Waals surface area (Å²) in [7, 11) is -1.80. The van der Waals surface area contributed by atoms with Gasteiger partial charge in [-0.2, -0.15) is 0 Å². The van der Waals surface area contributed by atoms with Gasteiger partial charge in [0.1, 0.15) is 0 Å². The molecule has 0 amide bonds. The van der Waals surface area contributed by atoms with E-state index in [0.29, 0.717) is 0 Å². The molecule has 0 atom stereocenters. The first-order valence-electron chi connectivity index (χ1n) is 6.50. The summed E-state index contributed by atoms with van der Waals surface area (Å²) in [5.41, 5.74) is 0. The van der Waals surface area contributed by atoms with E-state index in [1.807, 2.05) is 0 Å². The second-order valence-electron chi connectivity index (χ2n) is 4.68. The minimum Gasteiger partial charge on any atom is -0.393 e. The molecule has 0 aromatic heterocycles. The number of nitrogens with zero attached hydrogens (tertiary/aromatic N) is 1. The van der Waals surface area contributed by atoms with Gasteiger partial charge >= 0.3 is 8.56 Å². The van der Waals surface area contributed by atoms with E-state index in [2.05, 4.69) is 24.0 Å². The Labute approximate surface area is 99.7 Å². The van der Waals surface area contributed by atoms with Gasteiger partial charge in [-0.1, -0.05) is 25.5 Å². The predicted octanol–water partition coefficient (Wildman–Crippen LogP) is 2.15. The van der Waals surface area contributed by atoms with E-state index >= 15 is 0 Å². The Bertz CT molecular complexity index is 225. The Morgan fingerprint density at radius 3 is 2.31 bits per heavy atom. The smallest absolute Gasteiger partial charge is 0.346 e. The molecule has 0 aromatic rings. The van der Waals surface area contributed by atoms with E-state index in [9.17, 15) is 0 Å². The van der Waals surface area contributed by atoms with Gasteiger partial charge in [0.25, 0.3) is 0 Å². The van der Waals surface area contributed by atoms with Gasteiger partial charge in [-0.05, 0) is 13.0 Å². The molecule has 2 aliphatic rings. The zero-order chi connectivity index (χ0) is 11.3. The molecule has 0 aromatic carbocycles. The fourth-order valence-electron chi connectivity index (χ4n) is 2.33. The molecule has 0 aliphatic carbocycles. The molecule has 0 bridgehead atoms. The van der Waals surface area contributed by atoms with Gasteiger partial charge in [-0.15, -0.1) is 0 Å². The van der Waals surface area contributed by atoms with Gasteiger partial charge in [-0.25, -0.2) is 0 Å². The third kappa shape index (κ3) is 3.17. The van der Waals surface area contributed by atoms with Crippen molar-refractivity contribution in [1.82, 2.24) is 4.90 Å². The third-order valence-electron chi connectivity index (χ3n) is 3.40. The lowest BCUT2D eigenvalue weighted by Gasteiger charge is -2.33. The Morgan fingerprint density at radius 1 is 1.12 bits per heavy atom. The summed E-state index contributed by atoms with van der Waals surface area (Å²) in [6, 6.07) is 2.12. The van der Waals surface area contributed by atoms with Gasteiger partial charge in [0.2, 0.25) is 0 Å². The van der Waals surface area contributed by atoms with Crippen molar-refractivity contribution in [3.8, 4) is 0 Å². The van der Waals surface area contributed by atoms with Crippen LogP contribution in [0, 0.1) is 0 Å². The minimum atomic E-state index is -1.80. The maximum atomic E-state index is 6.05. The van der Waals surface area contributed by atoms with Gasteiger partial charge < -0.3 is 8.85 Å². The molecule has 2 heterocycles. The van der Waals surface area contributed by atoms with E-state index in [4.69, 9.17) is 8.85 Å². The topological polar surface area (TPSA) is 21.7 Å². The summed E-state index contributed by atoms with van der Waals surface area (Å²) in [5.74, 6) is 0. The molecule has 3 nitrogen and oxygen atoms in total. The number of allylic oxidation sites excluding steroid dienone is 2. The van der Waals surface area contributed by atoms with Crippen LogP contribution in [0.25, 0.3) is 0 Å². The third-order valence-corrected chi connectivity index (χ3v) is 6.57. The summed E-state index contributed by atoms with van der Waals surface area (Å²) in [6.07, 6.45) is 7.00. The van der Waals surface area contributed by atoms with Gasteiger partial charge in [0, 0.05) is 38.4 Å². The first-order valence-corrected chi connectivity index (χ1v) is 8.73. The van der Waals surface area contributed by atoms with Crippen molar-refractivity contribution in [2.24, 2.45) is 0 Å². The van der Waals surface area contributed by atoms with Crippen LogP contribution in [0.1, 0.15) is 19.8 Å². The molecule has 0 saturated carbocycles. The van der Waals surface area contributed by atoms with Crippen LogP contribution in [-0.4, -0.2) is 46.3 Å². The summed E-state index contributed by atoms with van der Waals surface area (Å²) in [6.45, 7) is 7.31. The van der Waals surface area contributed by atoms with Crippen LogP contribution in [0.4, 0.5) is 0 Å². The van der Waals surface area contributed by atoms with Crippen LogP contribution in [0.3, 0.4) is 0 Å². The van der Waals surface area contributed by atoms with E-state index in [0.717, 1.165) is 38.4 Å². The number of hydrogen-bond donors (Lipinski definition) is 0. The van der Waals surface area contributed by atoms with Crippen molar-refractivity contribution >= 4 is 8.56 Å². The molecule has 0 N–H and O–H groups in total. The SMILES string of the molecule is CCCCN1CCO[Si]2(CC=CC2)OCC1. The van der Waals surface area contributed by atoms with E-state index in [1.165, 1.54) is 19.4 Å². The predicted molar refractivity (Wildman–Crippen MR) is 67.8 cm³/mol. The molecule has 0 radical (unpaired) electrons. The molecule has 16 heavy (non-hydrogen) atoms. The molecular weight excluding hydrogens is 218 g/mol. The van der Waals surface area contributed by atoms with Crippen LogP contribution >= 0.6 is 0 Å². The highest BCUT2D eigenvalue weighted by Crippen LogP contribution is 2.27. The number of unbranched alkanes of at least 4 members (excludes halogenated alkanes) is 1. The van der Waals surface area contributed by atoms with Crippen molar-refractivity contribution in [3.05, 3.63) is 12.2 Å². The Hall–Kier alpha value is -0.163. The number of rotatable bonds is 3. The maximum Gasteiger partial charge on any atom is 0.346 e. The first kappa shape index (κ1) is 12.3. The summed E-state index contributed by atoms with van der Waals surface area (Å²) < 4.78 is 12.1. The molecular formula is C12H23NO2Si. The standard InChI is InChI=1S/C12H23NO2Si/c1-2-3-6-13-7-9-14-16(15-10-8-13)11-4-5-12-16/h4-5H,2-3,6-12H2,1H3. The second kappa shape index (κ2) is 5.96. The quantitative estimate of drug-likeness (QED) is 0.558. The summed E-state index contributed by atoms with van der Waals surface area (Å²) in [4.78, 5) is 2.47. The van der Waals surface area contributed by atoms with E-state index < -0.39 is 8.56 Å². The molecule has 1 saturated heterocycles. The summed E-state index contributed by atoms with van der Waals surface area (Å²) in [5, 5.41) is 0. The van der Waals surface area contributed by atoms with Crippen molar-refractivity contribution in [3.63, 3.8) is 0 Å². The first-order chi connectivity index (χ1) is 7.85. The molecule has 1 spiro atoms. The Morgan fingerprint density at radius 2 is 1.75 bits per heavy atom. The van der Waals surface area contributed by atoms with Crippen molar-refractivity contribution in [2.75, 3.05) is 32.8 Å². The van der Waals surface area contributed by atoms with Crippen LogP contribution in [0.2, 0.25) is 12.1 Å². The molecule has 4 heteroatoms. The maximum absolute atomic E-state index is 6.05. The lowest BCUT2D eigenvalue weighted by Crippen LogP contribution is -2.46. The number of hydrogen-bond acceptors (Lipinski definition) is 3. The molecule has 92 valence electrons. The average molecular weight is 241 g/mol. The highest BCUT2D eigenvalue weighted by atomic mass is 28.4. The fourth-order valence-corrected chi connectivity index (χ4v) is 5.02. The Balaban J connectivity index is 1.77. The van der Waals surface area contributed by atoms with E-state index in [-0.39, 0.29) is 0 Å². The van der Waals surface area contributed by atoms with Crippen LogP contribution in [0.15, 0.2) is 12.2 Å². The monoisotopic (exact) mass is 241 g/mol. The van der Waals surface area contributed by atoms with E-state index in [1.54, 1.807) is 0 Å². The minimum absolute atomic E-state index is 0.859. The van der Waals surface area contributed by atoms with Crippen molar-refractivity contribution < 1.29 is 8.85 Å². The Kier molecular flexibility index (Phi) is 4.58. The average Bonchev–Trinajstić information content (AvgIpc) is 2.71. The zero-order valence-electron chi connectivity index (χ0n) is 10.3. The largest absolute Gasteiger partial charge is 0.393 e. The zero-order valence-corrected chi connectivity index (χ0v) is 11.3. The van der Waals surface area contributed by atoms with Gasteiger partial charge in [0.05, 0.1) is 0 Å². The van der Waals surface area contributed by atoms with Gasteiger partial charge in [0.15, 0.2) is 0 Å². The van der Waals surface area contributed by atoms with Crippen LogP contribution in [-0.2, 0) is 8.85 Å². The highest BCUT2D eigenvalue weighted by Gasteiger charge is 2.39. The lowest BCUT2D eigenvalue weighted by molar-refractivity contribution is 0.0960. The van der Waals surface area contributed by atoms with Crippen LogP contribution in [0.5, 0.6) is 0 Å². The normalized spacial score (nSPS) is 25.8. The summed E-state index contributed by atoms with van der Waals surface area (Å²) >= 11 is 0. The molecule has 2 rings (SSSR count). The van der Waals surface area contributed by atoms with Crippen molar-refractivity contribution in [1.29, 1.82) is 0 Å². The molecule has 0 unspecified atom stereocenters. The second-order valence-corrected chi connectivity index (χ2v) is 7.90. The van der Waals surface area contributed by atoms with Gasteiger partial charge in [-0.3, -0.25) is 4.90 Å². The molecule has 1 fully saturated rings. The van der Waals surface area contributed by atoms with Crippen LogP contribution < -0.4 is 0 Å². The highest BCUT2D eigenvalue weighted by molar-refractivity contribution is 6.69. The fraction of sp³-hybridized carbons (Fsp3) is 0.833.